The van der Waals surface area contributed by atoms with Gasteiger partial charge in [0.15, 0.2) is 0 Å². The van der Waals surface area contributed by atoms with E-state index >= 15 is 0 Å². The molecule has 0 aliphatic rings. The highest BCUT2D eigenvalue weighted by atomic mass is 32.2. The summed E-state index contributed by atoms with van der Waals surface area (Å²) in [5, 5.41) is 0.717. The fraction of sp³-hybridized carbons (Fsp3) is 0.636. The van der Waals surface area contributed by atoms with Crippen LogP contribution in [0.5, 0.6) is 0 Å². The molecule has 0 aromatic carbocycles. The van der Waals surface area contributed by atoms with Crippen molar-refractivity contribution < 1.29 is 9.21 Å². The summed E-state index contributed by atoms with van der Waals surface area (Å²) in [6.45, 7) is 5.74. The van der Waals surface area contributed by atoms with Gasteiger partial charge in [-0.15, -0.1) is 0 Å². The number of aromatic nitrogens is 1. The molecule has 1 aromatic rings. The Morgan fingerprint density at radius 3 is 2.73 bits per heavy atom. The maximum atomic E-state index is 11.0. The number of carbonyl (C=O) groups excluding carboxylic acids is 1. The van der Waals surface area contributed by atoms with Gasteiger partial charge in [0.2, 0.25) is 0 Å². The van der Waals surface area contributed by atoms with Gasteiger partial charge in [-0.25, -0.2) is 4.98 Å². The molecule has 1 heterocycles. The van der Waals surface area contributed by atoms with Crippen LogP contribution in [0, 0.1) is 13.8 Å². The van der Waals surface area contributed by atoms with Crippen LogP contribution < -0.4 is 0 Å². The Balaban J connectivity index is 2.23. The van der Waals surface area contributed by atoms with Crippen LogP contribution in [0.15, 0.2) is 9.64 Å². The normalized spacial score (nSPS) is 10.6. The first-order valence-corrected chi connectivity index (χ1v) is 6.20. The first-order chi connectivity index (χ1) is 7.13. The molecule has 1 aromatic heterocycles. The lowest BCUT2D eigenvalue weighted by Crippen LogP contribution is -1.95. The average molecular weight is 227 g/mol. The molecule has 0 saturated heterocycles. The molecular weight excluding hydrogens is 210 g/mol. The Morgan fingerprint density at radius 1 is 1.47 bits per heavy atom. The van der Waals surface area contributed by atoms with Crippen LogP contribution >= 0.6 is 11.8 Å². The van der Waals surface area contributed by atoms with Gasteiger partial charge < -0.3 is 4.42 Å². The van der Waals surface area contributed by atoms with Crippen molar-refractivity contribution in [1.29, 1.82) is 0 Å². The summed E-state index contributed by atoms with van der Waals surface area (Å²) in [6, 6.07) is 0. The molecule has 0 spiro atoms. The Morgan fingerprint density at radius 2 is 2.20 bits per heavy atom. The van der Waals surface area contributed by atoms with E-state index in [-0.39, 0.29) is 0 Å². The minimum absolute atomic E-state index is 0.329. The number of Topliss-reactive ketones (excluding diaryl/α,β-unsaturated/α-hetero) is 1. The van der Waals surface area contributed by atoms with E-state index in [9.17, 15) is 4.79 Å². The van der Waals surface area contributed by atoms with Crippen LogP contribution in [0.2, 0.25) is 0 Å². The van der Waals surface area contributed by atoms with Crippen molar-refractivity contribution in [2.24, 2.45) is 0 Å². The second-order valence-electron chi connectivity index (χ2n) is 3.47. The van der Waals surface area contributed by atoms with Crippen LogP contribution in [0.25, 0.3) is 0 Å². The minimum Gasteiger partial charge on any atom is -0.437 e. The van der Waals surface area contributed by atoms with E-state index in [0.29, 0.717) is 23.8 Å². The second kappa shape index (κ2) is 5.95. The molecule has 0 radical (unpaired) electrons. The number of oxazole rings is 1. The number of aryl methyl sites for hydroxylation is 2. The number of ketones is 1. The maximum Gasteiger partial charge on any atom is 0.256 e. The minimum atomic E-state index is 0.329. The first-order valence-electron chi connectivity index (χ1n) is 5.22. The highest BCUT2D eigenvalue weighted by molar-refractivity contribution is 7.99. The SMILES string of the molecule is CCC(=O)CCCSc1nc(C)c(C)o1. The van der Waals surface area contributed by atoms with Gasteiger partial charge in [-0.3, -0.25) is 4.79 Å². The smallest absolute Gasteiger partial charge is 0.256 e. The van der Waals surface area contributed by atoms with Gasteiger partial charge in [-0.1, -0.05) is 18.7 Å². The molecule has 0 aliphatic heterocycles. The third kappa shape index (κ3) is 4.08. The van der Waals surface area contributed by atoms with Crippen LogP contribution in [0.1, 0.15) is 37.6 Å². The summed E-state index contributed by atoms with van der Waals surface area (Å²) in [5.74, 6) is 2.10. The van der Waals surface area contributed by atoms with E-state index in [1.807, 2.05) is 20.8 Å². The topological polar surface area (TPSA) is 43.1 Å². The Hall–Kier alpha value is -0.770. The van der Waals surface area contributed by atoms with E-state index < -0.39 is 0 Å². The average Bonchev–Trinajstić information content (AvgIpc) is 2.53. The van der Waals surface area contributed by atoms with Gasteiger partial charge >= 0.3 is 0 Å². The molecule has 0 unspecified atom stereocenters. The van der Waals surface area contributed by atoms with E-state index in [0.717, 1.165) is 23.6 Å². The molecule has 0 N–H and O–H groups in total. The molecule has 0 aliphatic carbocycles. The van der Waals surface area contributed by atoms with Gasteiger partial charge in [0, 0.05) is 18.6 Å². The van der Waals surface area contributed by atoms with E-state index in [1.165, 1.54) is 0 Å². The van der Waals surface area contributed by atoms with Crippen LogP contribution in [-0.2, 0) is 4.79 Å². The summed E-state index contributed by atoms with van der Waals surface area (Å²) in [4.78, 5) is 15.3. The van der Waals surface area contributed by atoms with Crippen molar-refractivity contribution >= 4 is 17.5 Å². The Bertz CT molecular complexity index is 314. The van der Waals surface area contributed by atoms with Crippen molar-refractivity contribution in [3.63, 3.8) is 0 Å². The molecule has 15 heavy (non-hydrogen) atoms. The van der Waals surface area contributed by atoms with Crippen molar-refractivity contribution in [2.45, 2.75) is 45.3 Å². The monoisotopic (exact) mass is 227 g/mol. The van der Waals surface area contributed by atoms with Gasteiger partial charge in [-0.2, -0.15) is 0 Å². The molecule has 4 heteroatoms. The number of carbonyl (C=O) groups is 1. The van der Waals surface area contributed by atoms with Gasteiger partial charge in [0.25, 0.3) is 5.22 Å². The zero-order valence-corrected chi connectivity index (χ0v) is 10.3. The van der Waals surface area contributed by atoms with Crippen LogP contribution in [-0.4, -0.2) is 16.5 Å². The lowest BCUT2D eigenvalue weighted by atomic mass is 10.2. The van der Waals surface area contributed by atoms with Gasteiger partial charge in [-0.05, 0) is 20.3 Å². The largest absolute Gasteiger partial charge is 0.437 e. The molecule has 1 rings (SSSR count). The zero-order chi connectivity index (χ0) is 11.3. The predicted octanol–water partition coefficient (Wildman–Crippen LogP) is 3.14. The van der Waals surface area contributed by atoms with Crippen molar-refractivity contribution in [3.8, 4) is 0 Å². The Labute approximate surface area is 94.6 Å². The summed E-state index contributed by atoms with van der Waals surface area (Å²) < 4.78 is 5.41. The fourth-order valence-corrected chi connectivity index (χ4v) is 1.96. The van der Waals surface area contributed by atoms with E-state index in [2.05, 4.69) is 4.98 Å². The number of hydrogen-bond donors (Lipinski definition) is 0. The highest BCUT2D eigenvalue weighted by Crippen LogP contribution is 2.21. The van der Waals surface area contributed by atoms with Gasteiger partial charge in [0.1, 0.15) is 11.5 Å². The summed E-state index contributed by atoms with van der Waals surface area (Å²) >= 11 is 1.58. The molecule has 0 atom stereocenters. The highest BCUT2D eigenvalue weighted by Gasteiger charge is 2.06. The molecule has 0 bridgehead atoms. The predicted molar refractivity (Wildman–Crippen MR) is 61.2 cm³/mol. The quantitative estimate of drug-likeness (QED) is 0.553. The van der Waals surface area contributed by atoms with Crippen molar-refractivity contribution in [3.05, 3.63) is 11.5 Å². The standard InChI is InChI=1S/C11H17NO2S/c1-4-10(13)6-5-7-15-11-12-8(2)9(3)14-11/h4-7H2,1-3H3. The third-order valence-corrected chi connectivity index (χ3v) is 3.14. The lowest BCUT2D eigenvalue weighted by Gasteiger charge is -1.96. The summed E-state index contributed by atoms with van der Waals surface area (Å²) in [7, 11) is 0. The Kier molecular flexibility index (Phi) is 4.88. The number of rotatable bonds is 6. The third-order valence-electron chi connectivity index (χ3n) is 2.23. The van der Waals surface area contributed by atoms with E-state index in [1.54, 1.807) is 11.8 Å². The summed E-state index contributed by atoms with van der Waals surface area (Å²) in [6.07, 6.45) is 2.21. The van der Waals surface area contributed by atoms with Crippen molar-refractivity contribution in [1.82, 2.24) is 4.98 Å². The van der Waals surface area contributed by atoms with E-state index in [4.69, 9.17) is 4.42 Å². The molecular formula is C11H17NO2S. The molecule has 3 nitrogen and oxygen atoms in total. The number of thioether (sulfide) groups is 1. The van der Waals surface area contributed by atoms with Crippen LogP contribution in [0.4, 0.5) is 0 Å². The fourth-order valence-electron chi connectivity index (χ4n) is 1.11. The maximum absolute atomic E-state index is 11.0. The molecule has 0 amide bonds. The molecule has 0 fully saturated rings. The zero-order valence-electron chi connectivity index (χ0n) is 9.50. The lowest BCUT2D eigenvalue weighted by molar-refractivity contribution is -0.118. The number of nitrogens with zero attached hydrogens (tertiary/aromatic N) is 1. The summed E-state index contributed by atoms with van der Waals surface area (Å²) in [5.41, 5.74) is 0.946. The van der Waals surface area contributed by atoms with Crippen LogP contribution in [0.3, 0.4) is 0 Å². The number of hydrogen-bond acceptors (Lipinski definition) is 4. The molecule has 0 saturated carbocycles. The first kappa shape index (κ1) is 12.3. The van der Waals surface area contributed by atoms with Crippen molar-refractivity contribution in [2.75, 3.05) is 5.75 Å². The molecule has 84 valence electrons. The van der Waals surface area contributed by atoms with Gasteiger partial charge in [0.05, 0.1) is 5.69 Å². The second-order valence-corrected chi connectivity index (χ2v) is 4.51.